The molecule has 0 atom stereocenters. The van der Waals surface area contributed by atoms with E-state index < -0.39 is 0 Å². The second-order valence-electron chi connectivity index (χ2n) is 4.79. The maximum atomic E-state index is 12.0. The molecule has 7 nitrogen and oxygen atoms in total. The van der Waals surface area contributed by atoms with Gasteiger partial charge in [-0.15, -0.1) is 0 Å². The van der Waals surface area contributed by atoms with Crippen LogP contribution in [-0.2, 0) is 9.53 Å². The summed E-state index contributed by atoms with van der Waals surface area (Å²) in [6.45, 7) is 1.32. The van der Waals surface area contributed by atoms with Crippen LogP contribution in [0.15, 0.2) is 12.4 Å². The quantitative estimate of drug-likeness (QED) is 0.875. The number of amides is 2. The molecule has 0 bridgehead atoms. The molecule has 114 valence electrons. The van der Waals surface area contributed by atoms with E-state index in [-0.39, 0.29) is 35.3 Å². The fourth-order valence-electron chi connectivity index (χ4n) is 2.18. The number of halogens is 1. The number of nitrogens with one attached hydrogen (secondary N) is 1. The van der Waals surface area contributed by atoms with E-state index in [0.29, 0.717) is 25.9 Å². The maximum absolute atomic E-state index is 12.0. The van der Waals surface area contributed by atoms with Crippen molar-refractivity contribution in [3.63, 3.8) is 0 Å². The van der Waals surface area contributed by atoms with Gasteiger partial charge in [0.2, 0.25) is 5.91 Å². The maximum Gasteiger partial charge on any atom is 0.271 e. The highest BCUT2D eigenvalue weighted by Gasteiger charge is 2.24. The summed E-state index contributed by atoms with van der Waals surface area (Å²) >= 11 is 5.63. The van der Waals surface area contributed by atoms with Gasteiger partial charge in [0.05, 0.1) is 12.4 Å². The van der Waals surface area contributed by atoms with E-state index in [4.69, 9.17) is 16.3 Å². The SMILES string of the molecule is COCC(=O)N1CCC(NC(=O)c2cnc(Cl)cn2)CC1. The van der Waals surface area contributed by atoms with Crippen LogP contribution in [0, 0.1) is 0 Å². The van der Waals surface area contributed by atoms with Gasteiger partial charge in [0.25, 0.3) is 5.91 Å². The molecule has 2 rings (SSSR count). The molecule has 0 aromatic carbocycles. The third-order valence-electron chi connectivity index (χ3n) is 3.30. The molecule has 1 fully saturated rings. The Morgan fingerprint density at radius 2 is 2.10 bits per heavy atom. The fraction of sp³-hybridized carbons (Fsp3) is 0.538. The van der Waals surface area contributed by atoms with E-state index in [9.17, 15) is 9.59 Å². The van der Waals surface area contributed by atoms with Gasteiger partial charge in [-0.05, 0) is 12.8 Å². The zero-order chi connectivity index (χ0) is 15.2. The number of carbonyl (C=O) groups is 2. The molecule has 0 radical (unpaired) electrons. The fourth-order valence-corrected chi connectivity index (χ4v) is 2.27. The predicted molar refractivity (Wildman–Crippen MR) is 76.0 cm³/mol. The van der Waals surface area contributed by atoms with Crippen LogP contribution in [0.25, 0.3) is 0 Å². The number of nitrogens with zero attached hydrogens (tertiary/aromatic N) is 3. The smallest absolute Gasteiger partial charge is 0.271 e. The lowest BCUT2D eigenvalue weighted by atomic mass is 10.0. The van der Waals surface area contributed by atoms with Gasteiger partial charge in [-0.2, -0.15) is 0 Å². The van der Waals surface area contributed by atoms with Crippen molar-refractivity contribution in [2.24, 2.45) is 0 Å². The van der Waals surface area contributed by atoms with Gasteiger partial charge >= 0.3 is 0 Å². The molecule has 1 aromatic rings. The lowest BCUT2D eigenvalue weighted by Gasteiger charge is -2.32. The number of hydrogen-bond donors (Lipinski definition) is 1. The van der Waals surface area contributed by atoms with E-state index in [0.717, 1.165) is 0 Å². The molecule has 1 N–H and O–H groups in total. The Kier molecular flexibility index (Phi) is 5.46. The molecule has 1 saturated heterocycles. The number of hydrogen-bond acceptors (Lipinski definition) is 5. The third-order valence-corrected chi connectivity index (χ3v) is 3.50. The lowest BCUT2D eigenvalue weighted by molar-refractivity contribution is -0.136. The van der Waals surface area contributed by atoms with E-state index in [1.807, 2.05) is 0 Å². The van der Waals surface area contributed by atoms with E-state index in [2.05, 4.69) is 15.3 Å². The minimum Gasteiger partial charge on any atom is -0.375 e. The van der Waals surface area contributed by atoms with Gasteiger partial charge in [0.1, 0.15) is 17.5 Å². The molecule has 1 aliphatic heterocycles. The molecule has 0 unspecified atom stereocenters. The molecule has 8 heteroatoms. The van der Waals surface area contributed by atoms with Crippen molar-refractivity contribution >= 4 is 23.4 Å². The first-order valence-corrected chi connectivity index (χ1v) is 7.03. The average molecular weight is 313 g/mol. The first kappa shape index (κ1) is 15.7. The average Bonchev–Trinajstić information content (AvgIpc) is 2.49. The highest BCUT2D eigenvalue weighted by atomic mass is 35.5. The van der Waals surface area contributed by atoms with Crippen LogP contribution in [0.1, 0.15) is 23.3 Å². The van der Waals surface area contributed by atoms with Crippen LogP contribution in [0.3, 0.4) is 0 Å². The normalized spacial score (nSPS) is 15.8. The summed E-state index contributed by atoms with van der Waals surface area (Å²) in [5.74, 6) is -0.299. The number of carbonyl (C=O) groups excluding carboxylic acids is 2. The van der Waals surface area contributed by atoms with Crippen LogP contribution in [0.4, 0.5) is 0 Å². The summed E-state index contributed by atoms with van der Waals surface area (Å²) in [5, 5.41) is 3.14. The van der Waals surface area contributed by atoms with Crippen molar-refractivity contribution in [2.45, 2.75) is 18.9 Å². The molecule has 0 saturated carbocycles. The highest BCUT2D eigenvalue weighted by molar-refractivity contribution is 6.29. The highest BCUT2D eigenvalue weighted by Crippen LogP contribution is 2.11. The molecule has 1 aliphatic rings. The second-order valence-corrected chi connectivity index (χ2v) is 5.17. The van der Waals surface area contributed by atoms with Gasteiger partial charge < -0.3 is 15.0 Å². The zero-order valence-corrected chi connectivity index (χ0v) is 12.5. The summed E-state index contributed by atoms with van der Waals surface area (Å²) in [5.41, 5.74) is 0.234. The van der Waals surface area contributed by atoms with Crippen molar-refractivity contribution in [2.75, 3.05) is 26.8 Å². The first-order valence-electron chi connectivity index (χ1n) is 6.65. The van der Waals surface area contributed by atoms with Crippen LogP contribution in [0.5, 0.6) is 0 Å². The van der Waals surface area contributed by atoms with Crippen molar-refractivity contribution in [3.05, 3.63) is 23.2 Å². The van der Waals surface area contributed by atoms with Crippen molar-refractivity contribution in [1.82, 2.24) is 20.2 Å². The Balaban J connectivity index is 1.82. The van der Waals surface area contributed by atoms with Crippen LogP contribution in [-0.4, -0.2) is 59.5 Å². The Morgan fingerprint density at radius 1 is 1.38 bits per heavy atom. The summed E-state index contributed by atoms with van der Waals surface area (Å²) in [6.07, 6.45) is 4.10. The van der Waals surface area contributed by atoms with Crippen molar-refractivity contribution < 1.29 is 14.3 Å². The standard InChI is InChI=1S/C13H17ClN4O3/c1-21-8-12(19)18-4-2-9(3-5-18)17-13(20)10-6-16-11(14)7-15-10/h6-7,9H,2-5,8H2,1H3,(H,17,20). The predicted octanol–water partition coefficient (Wildman–Crippen LogP) is 0.497. The molecular weight excluding hydrogens is 296 g/mol. The number of rotatable bonds is 4. The van der Waals surface area contributed by atoms with E-state index in [1.54, 1.807) is 4.90 Å². The van der Waals surface area contributed by atoms with E-state index >= 15 is 0 Å². The third kappa shape index (κ3) is 4.37. The minimum atomic E-state index is -0.277. The van der Waals surface area contributed by atoms with Crippen LogP contribution in [0.2, 0.25) is 5.15 Å². The Bertz CT molecular complexity index is 501. The number of piperidine rings is 1. The van der Waals surface area contributed by atoms with Crippen molar-refractivity contribution in [1.29, 1.82) is 0 Å². The van der Waals surface area contributed by atoms with Gasteiger partial charge in [-0.1, -0.05) is 11.6 Å². The minimum absolute atomic E-state index is 0.0224. The number of ether oxygens (including phenoxy) is 1. The molecule has 0 aliphatic carbocycles. The lowest BCUT2D eigenvalue weighted by Crippen LogP contribution is -2.47. The Morgan fingerprint density at radius 3 is 2.67 bits per heavy atom. The molecule has 2 heterocycles. The summed E-state index contributed by atoms with van der Waals surface area (Å²) in [4.78, 5) is 33.1. The van der Waals surface area contributed by atoms with Crippen molar-refractivity contribution in [3.8, 4) is 0 Å². The molecule has 1 aromatic heterocycles. The molecule has 2 amide bonds. The van der Waals surface area contributed by atoms with Gasteiger partial charge in [-0.25, -0.2) is 9.97 Å². The largest absolute Gasteiger partial charge is 0.375 e. The Hall–Kier alpha value is -1.73. The first-order chi connectivity index (χ1) is 10.1. The molecule has 0 spiro atoms. The van der Waals surface area contributed by atoms with Gasteiger partial charge in [0, 0.05) is 26.2 Å². The molecule has 21 heavy (non-hydrogen) atoms. The molecular formula is C13H17ClN4O3. The summed E-state index contributed by atoms with van der Waals surface area (Å²) in [6, 6.07) is 0.0292. The van der Waals surface area contributed by atoms with Crippen LogP contribution >= 0.6 is 11.6 Å². The summed E-state index contributed by atoms with van der Waals surface area (Å²) < 4.78 is 4.83. The van der Waals surface area contributed by atoms with Gasteiger partial charge in [-0.3, -0.25) is 9.59 Å². The summed E-state index contributed by atoms with van der Waals surface area (Å²) in [7, 11) is 1.50. The monoisotopic (exact) mass is 312 g/mol. The Labute approximate surface area is 127 Å². The number of aromatic nitrogens is 2. The van der Waals surface area contributed by atoms with E-state index in [1.165, 1.54) is 19.5 Å². The topological polar surface area (TPSA) is 84.4 Å². The second kappa shape index (κ2) is 7.33. The van der Waals surface area contributed by atoms with Gasteiger partial charge in [0.15, 0.2) is 0 Å². The number of methoxy groups -OCH3 is 1. The number of likely N-dealkylation sites (tertiary alicyclic amines) is 1. The zero-order valence-electron chi connectivity index (χ0n) is 11.7. The van der Waals surface area contributed by atoms with Crippen LogP contribution < -0.4 is 5.32 Å².